The molecule has 2 N–H and O–H groups in total. The maximum Gasteiger partial charge on any atom is 0.237 e. The molecule has 1 aliphatic rings. The van der Waals surface area contributed by atoms with Crippen LogP contribution in [0.1, 0.15) is 18.1 Å². The van der Waals surface area contributed by atoms with E-state index in [4.69, 9.17) is 4.74 Å². The summed E-state index contributed by atoms with van der Waals surface area (Å²) in [4.78, 5) is 12.1. The molecule has 2 unspecified atom stereocenters. The molecule has 18 heavy (non-hydrogen) atoms. The fourth-order valence-electron chi connectivity index (χ4n) is 2.27. The van der Waals surface area contributed by atoms with E-state index in [0.717, 1.165) is 13.0 Å². The van der Waals surface area contributed by atoms with Gasteiger partial charge in [0, 0.05) is 19.7 Å². The van der Waals surface area contributed by atoms with E-state index >= 15 is 0 Å². The molecule has 0 bridgehead atoms. The van der Waals surface area contributed by atoms with Gasteiger partial charge in [-0.1, -0.05) is 24.3 Å². The summed E-state index contributed by atoms with van der Waals surface area (Å²) in [6.45, 7) is 3.24. The van der Waals surface area contributed by atoms with Crippen LogP contribution in [0.15, 0.2) is 24.3 Å². The molecule has 0 saturated carbocycles. The van der Waals surface area contributed by atoms with Crippen LogP contribution in [-0.2, 0) is 22.5 Å². The van der Waals surface area contributed by atoms with Crippen molar-refractivity contribution in [2.24, 2.45) is 0 Å². The Kier molecular flexibility index (Phi) is 4.33. The van der Waals surface area contributed by atoms with Crippen molar-refractivity contribution in [3.05, 3.63) is 35.4 Å². The van der Waals surface area contributed by atoms with E-state index in [0.29, 0.717) is 6.61 Å². The number of nitrogens with one attached hydrogen (secondary N) is 2. The van der Waals surface area contributed by atoms with Crippen molar-refractivity contribution in [2.45, 2.75) is 32.0 Å². The number of fused-ring (bicyclic) bond motifs is 1. The molecule has 4 nitrogen and oxygen atoms in total. The molecule has 1 heterocycles. The van der Waals surface area contributed by atoms with Crippen molar-refractivity contribution in [3.63, 3.8) is 0 Å². The Bertz CT molecular complexity index is 420. The third-order valence-corrected chi connectivity index (χ3v) is 3.20. The highest BCUT2D eigenvalue weighted by atomic mass is 16.5. The number of ether oxygens (including phenoxy) is 1. The van der Waals surface area contributed by atoms with Gasteiger partial charge in [0.25, 0.3) is 0 Å². The second kappa shape index (κ2) is 5.98. The second-order valence-electron chi connectivity index (χ2n) is 4.77. The van der Waals surface area contributed by atoms with Gasteiger partial charge in [-0.3, -0.25) is 4.79 Å². The van der Waals surface area contributed by atoms with Gasteiger partial charge in [0.05, 0.1) is 12.6 Å². The minimum Gasteiger partial charge on any atom is -0.383 e. The molecule has 4 heteroatoms. The lowest BCUT2D eigenvalue weighted by atomic mass is 9.95. The number of hydrogen-bond donors (Lipinski definition) is 2. The average molecular weight is 248 g/mol. The number of hydrogen-bond acceptors (Lipinski definition) is 3. The van der Waals surface area contributed by atoms with E-state index in [-0.39, 0.29) is 18.0 Å². The summed E-state index contributed by atoms with van der Waals surface area (Å²) in [7, 11) is 1.64. The Morgan fingerprint density at radius 3 is 2.94 bits per heavy atom. The molecule has 0 saturated heterocycles. The zero-order chi connectivity index (χ0) is 13.0. The summed E-state index contributed by atoms with van der Waals surface area (Å²) in [5, 5.41) is 6.22. The summed E-state index contributed by atoms with van der Waals surface area (Å²) in [5.41, 5.74) is 2.54. The maximum atomic E-state index is 12.1. The molecule has 2 rings (SSSR count). The number of amides is 1. The number of methoxy groups -OCH3 is 1. The molecule has 1 amide bonds. The van der Waals surface area contributed by atoms with Crippen molar-refractivity contribution < 1.29 is 9.53 Å². The molecule has 0 fully saturated rings. The third-order valence-electron chi connectivity index (χ3n) is 3.20. The summed E-state index contributed by atoms with van der Waals surface area (Å²) < 4.78 is 5.01. The highest BCUT2D eigenvalue weighted by Gasteiger charge is 2.24. The molecule has 0 spiro atoms. The van der Waals surface area contributed by atoms with E-state index in [9.17, 15) is 4.79 Å². The monoisotopic (exact) mass is 248 g/mol. The standard InChI is InChI=1S/C14H20N2O2/c1-10(9-18-2)16-14(17)13-7-11-5-3-4-6-12(11)8-15-13/h3-6,10,13,15H,7-9H2,1-2H3,(H,16,17). The Morgan fingerprint density at radius 1 is 1.50 bits per heavy atom. The first-order chi connectivity index (χ1) is 8.70. The Morgan fingerprint density at radius 2 is 2.22 bits per heavy atom. The Hall–Kier alpha value is -1.39. The molecular weight excluding hydrogens is 228 g/mol. The smallest absolute Gasteiger partial charge is 0.237 e. The van der Waals surface area contributed by atoms with Crippen LogP contribution in [0.3, 0.4) is 0 Å². The molecule has 0 aromatic heterocycles. The van der Waals surface area contributed by atoms with Crippen LogP contribution >= 0.6 is 0 Å². The summed E-state index contributed by atoms with van der Waals surface area (Å²) in [5.74, 6) is 0.0500. The van der Waals surface area contributed by atoms with E-state index in [2.05, 4.69) is 22.8 Å². The van der Waals surface area contributed by atoms with Gasteiger partial charge >= 0.3 is 0 Å². The van der Waals surface area contributed by atoms with Crippen LogP contribution < -0.4 is 10.6 Å². The molecule has 1 aromatic rings. The maximum absolute atomic E-state index is 12.1. The first kappa shape index (κ1) is 13.1. The van der Waals surface area contributed by atoms with Crippen molar-refractivity contribution in [3.8, 4) is 0 Å². The number of carbonyl (C=O) groups is 1. The molecule has 1 aromatic carbocycles. The highest BCUT2D eigenvalue weighted by Crippen LogP contribution is 2.16. The quantitative estimate of drug-likeness (QED) is 0.830. The minimum absolute atomic E-state index is 0.0430. The van der Waals surface area contributed by atoms with Gasteiger partial charge in [-0.15, -0.1) is 0 Å². The van der Waals surface area contributed by atoms with Crippen LogP contribution in [-0.4, -0.2) is 31.7 Å². The van der Waals surface area contributed by atoms with Crippen molar-refractivity contribution >= 4 is 5.91 Å². The van der Waals surface area contributed by atoms with Gasteiger partial charge < -0.3 is 15.4 Å². The zero-order valence-electron chi connectivity index (χ0n) is 10.9. The first-order valence-corrected chi connectivity index (χ1v) is 6.30. The molecule has 2 atom stereocenters. The topological polar surface area (TPSA) is 50.4 Å². The lowest BCUT2D eigenvalue weighted by Crippen LogP contribution is -2.50. The van der Waals surface area contributed by atoms with Gasteiger partial charge in [0.15, 0.2) is 0 Å². The fraction of sp³-hybridized carbons (Fsp3) is 0.500. The van der Waals surface area contributed by atoms with Crippen molar-refractivity contribution in [2.75, 3.05) is 13.7 Å². The van der Waals surface area contributed by atoms with Gasteiger partial charge in [-0.25, -0.2) is 0 Å². The van der Waals surface area contributed by atoms with Crippen LogP contribution in [0.2, 0.25) is 0 Å². The Labute approximate surface area is 108 Å². The zero-order valence-corrected chi connectivity index (χ0v) is 10.9. The fourth-order valence-corrected chi connectivity index (χ4v) is 2.27. The predicted octanol–water partition coefficient (Wildman–Crippen LogP) is 0.852. The average Bonchev–Trinajstić information content (AvgIpc) is 2.38. The lowest BCUT2D eigenvalue weighted by molar-refractivity contribution is -0.124. The Balaban J connectivity index is 1.94. The highest BCUT2D eigenvalue weighted by molar-refractivity contribution is 5.82. The van der Waals surface area contributed by atoms with E-state index in [1.54, 1.807) is 7.11 Å². The predicted molar refractivity (Wildman–Crippen MR) is 70.3 cm³/mol. The van der Waals surface area contributed by atoms with E-state index in [1.165, 1.54) is 11.1 Å². The van der Waals surface area contributed by atoms with Gasteiger partial charge in [-0.05, 0) is 24.5 Å². The molecule has 98 valence electrons. The number of rotatable bonds is 4. The lowest BCUT2D eigenvalue weighted by Gasteiger charge is -2.26. The number of benzene rings is 1. The summed E-state index contributed by atoms with van der Waals surface area (Å²) >= 11 is 0. The molecule has 0 radical (unpaired) electrons. The third kappa shape index (κ3) is 3.09. The van der Waals surface area contributed by atoms with Gasteiger partial charge in [0.1, 0.15) is 0 Å². The van der Waals surface area contributed by atoms with Crippen molar-refractivity contribution in [1.29, 1.82) is 0 Å². The largest absolute Gasteiger partial charge is 0.383 e. The summed E-state index contributed by atoms with van der Waals surface area (Å²) in [6, 6.07) is 8.15. The van der Waals surface area contributed by atoms with Crippen molar-refractivity contribution in [1.82, 2.24) is 10.6 Å². The molecular formula is C14H20N2O2. The van der Waals surface area contributed by atoms with Crippen LogP contribution in [0.4, 0.5) is 0 Å². The van der Waals surface area contributed by atoms with E-state index < -0.39 is 0 Å². The number of carbonyl (C=O) groups excluding carboxylic acids is 1. The minimum atomic E-state index is -0.140. The van der Waals surface area contributed by atoms with Crippen LogP contribution in [0.5, 0.6) is 0 Å². The van der Waals surface area contributed by atoms with Crippen LogP contribution in [0, 0.1) is 0 Å². The molecule has 1 aliphatic heterocycles. The SMILES string of the molecule is COCC(C)NC(=O)C1Cc2ccccc2CN1. The first-order valence-electron chi connectivity index (χ1n) is 6.30. The van der Waals surface area contributed by atoms with Gasteiger partial charge in [-0.2, -0.15) is 0 Å². The van der Waals surface area contributed by atoms with Gasteiger partial charge in [0.2, 0.25) is 5.91 Å². The molecule has 0 aliphatic carbocycles. The van der Waals surface area contributed by atoms with Crippen LogP contribution in [0.25, 0.3) is 0 Å². The second-order valence-corrected chi connectivity index (χ2v) is 4.77. The van der Waals surface area contributed by atoms with E-state index in [1.807, 2.05) is 19.1 Å². The summed E-state index contributed by atoms with van der Waals surface area (Å²) in [6.07, 6.45) is 0.752. The normalized spacial score (nSPS) is 20.0.